The predicted molar refractivity (Wildman–Crippen MR) is 73.7 cm³/mol. The lowest BCUT2D eigenvalue weighted by Gasteiger charge is -2.16. The van der Waals surface area contributed by atoms with E-state index in [1.165, 1.54) is 44.7 Å². The predicted octanol–water partition coefficient (Wildman–Crippen LogP) is 1.80. The maximum atomic E-state index is 3.49. The number of hydrogen-bond donors (Lipinski definition) is 1. The van der Waals surface area contributed by atoms with Crippen molar-refractivity contribution < 1.29 is 0 Å². The lowest BCUT2D eigenvalue weighted by Crippen LogP contribution is -2.27. The first-order valence-corrected chi connectivity index (χ1v) is 6.39. The van der Waals surface area contributed by atoms with E-state index in [1.54, 1.807) is 0 Å². The number of halogens is 1. The summed E-state index contributed by atoms with van der Waals surface area (Å²) in [6, 6.07) is 10.8. The average molecular weight is 253 g/mol. The van der Waals surface area contributed by atoms with Gasteiger partial charge in [-0.3, -0.25) is 0 Å². The fourth-order valence-corrected chi connectivity index (χ4v) is 3.07. The summed E-state index contributed by atoms with van der Waals surface area (Å²) in [5.41, 5.74) is 1.47. The molecule has 1 N–H and O–H groups in total. The Morgan fingerprint density at radius 1 is 1.06 bits per heavy atom. The number of nitrogens with one attached hydrogen (secondary N) is 1. The Labute approximate surface area is 110 Å². The Bertz CT molecular complexity index is 329. The summed E-state index contributed by atoms with van der Waals surface area (Å²) in [7, 11) is 0. The zero-order valence-electron chi connectivity index (χ0n) is 10.1. The quantitative estimate of drug-likeness (QED) is 0.883. The summed E-state index contributed by atoms with van der Waals surface area (Å²) in [4.78, 5) is 2.64. The molecule has 2 aliphatic rings. The minimum atomic E-state index is 0. The smallest absolute Gasteiger partial charge is 0.00257 e. The van der Waals surface area contributed by atoms with Crippen LogP contribution in [0.3, 0.4) is 0 Å². The minimum Gasteiger partial charge on any atom is -0.316 e. The first-order valence-electron chi connectivity index (χ1n) is 6.39. The Hall–Kier alpha value is -0.570. The van der Waals surface area contributed by atoms with Gasteiger partial charge >= 0.3 is 0 Å². The first kappa shape index (κ1) is 12.9. The average Bonchev–Trinajstić information content (AvgIpc) is 2.88. The molecule has 0 radical (unpaired) electrons. The molecule has 0 unspecified atom stereocenters. The van der Waals surface area contributed by atoms with Gasteiger partial charge in [0.15, 0.2) is 0 Å². The van der Waals surface area contributed by atoms with Crippen LogP contribution in [-0.4, -0.2) is 37.6 Å². The van der Waals surface area contributed by atoms with Crippen LogP contribution in [0.5, 0.6) is 0 Å². The standard InChI is InChI=1S/C14H20N2.ClH/c1-2-4-12(5-3-1)6-7-16-10-13-8-15-9-14(13)11-16;/h1-5,13-15H,6-11H2;1H/t13-,14+;. The summed E-state index contributed by atoms with van der Waals surface area (Å²) in [5, 5.41) is 3.49. The molecule has 0 spiro atoms. The van der Waals surface area contributed by atoms with Crippen LogP contribution >= 0.6 is 12.4 Å². The molecule has 2 aliphatic heterocycles. The van der Waals surface area contributed by atoms with E-state index >= 15 is 0 Å². The molecule has 2 nitrogen and oxygen atoms in total. The maximum absolute atomic E-state index is 3.49. The molecule has 1 aromatic carbocycles. The van der Waals surface area contributed by atoms with Crippen LogP contribution in [-0.2, 0) is 6.42 Å². The molecule has 3 heteroatoms. The highest BCUT2D eigenvalue weighted by molar-refractivity contribution is 5.85. The first-order chi connectivity index (χ1) is 7.92. The number of fused-ring (bicyclic) bond motifs is 1. The molecule has 2 heterocycles. The highest BCUT2D eigenvalue weighted by atomic mass is 35.5. The number of benzene rings is 1. The molecule has 94 valence electrons. The molecule has 3 rings (SSSR count). The topological polar surface area (TPSA) is 15.3 Å². The zero-order valence-corrected chi connectivity index (χ0v) is 11.0. The van der Waals surface area contributed by atoms with Gasteiger partial charge in [0.1, 0.15) is 0 Å². The van der Waals surface area contributed by atoms with Crippen LogP contribution < -0.4 is 5.32 Å². The molecule has 0 aromatic heterocycles. The van der Waals surface area contributed by atoms with Crippen LogP contribution in [0.4, 0.5) is 0 Å². The van der Waals surface area contributed by atoms with Gasteiger partial charge in [0.2, 0.25) is 0 Å². The fourth-order valence-electron chi connectivity index (χ4n) is 3.07. The minimum absolute atomic E-state index is 0. The van der Waals surface area contributed by atoms with Gasteiger partial charge in [-0.2, -0.15) is 0 Å². The maximum Gasteiger partial charge on any atom is 0.00257 e. The number of nitrogens with zero attached hydrogens (tertiary/aromatic N) is 1. The van der Waals surface area contributed by atoms with Gasteiger partial charge in [-0.15, -0.1) is 12.4 Å². The summed E-state index contributed by atoms with van der Waals surface area (Å²) < 4.78 is 0. The van der Waals surface area contributed by atoms with Gasteiger partial charge in [0, 0.05) is 19.6 Å². The molecule has 1 aromatic rings. The Morgan fingerprint density at radius 2 is 1.71 bits per heavy atom. The normalized spacial score (nSPS) is 27.8. The van der Waals surface area contributed by atoms with Crippen molar-refractivity contribution in [2.24, 2.45) is 11.8 Å². The van der Waals surface area contributed by atoms with Crippen molar-refractivity contribution in [2.75, 3.05) is 32.7 Å². The van der Waals surface area contributed by atoms with E-state index in [0.29, 0.717) is 0 Å². The van der Waals surface area contributed by atoms with Gasteiger partial charge < -0.3 is 10.2 Å². The molecule has 0 bridgehead atoms. The van der Waals surface area contributed by atoms with Gasteiger partial charge in [0.05, 0.1) is 0 Å². The Kier molecular flexibility index (Phi) is 4.43. The lowest BCUT2D eigenvalue weighted by atomic mass is 10.0. The van der Waals surface area contributed by atoms with Crippen molar-refractivity contribution >= 4 is 12.4 Å². The highest BCUT2D eigenvalue weighted by Crippen LogP contribution is 2.26. The van der Waals surface area contributed by atoms with E-state index in [-0.39, 0.29) is 12.4 Å². The second kappa shape index (κ2) is 5.85. The number of rotatable bonds is 3. The van der Waals surface area contributed by atoms with Crippen molar-refractivity contribution in [3.63, 3.8) is 0 Å². The molecule has 0 aliphatic carbocycles. The molecular formula is C14H21ClN2. The van der Waals surface area contributed by atoms with E-state index in [2.05, 4.69) is 40.5 Å². The summed E-state index contributed by atoms with van der Waals surface area (Å²) in [6.45, 7) is 6.34. The van der Waals surface area contributed by atoms with E-state index in [4.69, 9.17) is 0 Å². The van der Waals surface area contributed by atoms with E-state index in [1.807, 2.05) is 0 Å². The Morgan fingerprint density at radius 3 is 2.35 bits per heavy atom. The third-order valence-electron chi connectivity index (χ3n) is 4.02. The lowest BCUT2D eigenvalue weighted by molar-refractivity contribution is 0.317. The van der Waals surface area contributed by atoms with Crippen LogP contribution in [0.1, 0.15) is 5.56 Å². The molecule has 0 saturated carbocycles. The largest absolute Gasteiger partial charge is 0.316 e. The van der Waals surface area contributed by atoms with Gasteiger partial charge in [-0.1, -0.05) is 30.3 Å². The molecule has 0 amide bonds. The van der Waals surface area contributed by atoms with Crippen molar-refractivity contribution in [2.45, 2.75) is 6.42 Å². The molecular weight excluding hydrogens is 232 g/mol. The van der Waals surface area contributed by atoms with Gasteiger partial charge in [-0.05, 0) is 36.9 Å². The van der Waals surface area contributed by atoms with Gasteiger partial charge in [0.25, 0.3) is 0 Å². The van der Waals surface area contributed by atoms with Crippen LogP contribution in [0.2, 0.25) is 0 Å². The van der Waals surface area contributed by atoms with E-state index in [0.717, 1.165) is 11.8 Å². The zero-order chi connectivity index (χ0) is 10.8. The second-order valence-electron chi connectivity index (χ2n) is 5.17. The van der Waals surface area contributed by atoms with Crippen LogP contribution in [0, 0.1) is 11.8 Å². The van der Waals surface area contributed by atoms with Crippen LogP contribution in [0.25, 0.3) is 0 Å². The fraction of sp³-hybridized carbons (Fsp3) is 0.571. The molecule has 2 atom stereocenters. The third-order valence-corrected chi connectivity index (χ3v) is 4.02. The van der Waals surface area contributed by atoms with Gasteiger partial charge in [-0.25, -0.2) is 0 Å². The van der Waals surface area contributed by atoms with E-state index < -0.39 is 0 Å². The van der Waals surface area contributed by atoms with E-state index in [9.17, 15) is 0 Å². The Balaban J connectivity index is 0.00000108. The molecule has 17 heavy (non-hydrogen) atoms. The SMILES string of the molecule is Cl.c1ccc(CCN2C[C@H]3CNC[C@H]3C2)cc1. The summed E-state index contributed by atoms with van der Waals surface area (Å²) >= 11 is 0. The van der Waals surface area contributed by atoms with Crippen molar-refractivity contribution in [1.82, 2.24) is 10.2 Å². The van der Waals surface area contributed by atoms with Crippen molar-refractivity contribution in [1.29, 1.82) is 0 Å². The third kappa shape index (κ3) is 3.01. The molecule has 2 saturated heterocycles. The van der Waals surface area contributed by atoms with Crippen molar-refractivity contribution in [3.8, 4) is 0 Å². The molecule has 2 fully saturated rings. The highest BCUT2D eigenvalue weighted by Gasteiger charge is 2.35. The summed E-state index contributed by atoms with van der Waals surface area (Å²) in [5.74, 6) is 1.85. The number of hydrogen-bond acceptors (Lipinski definition) is 2. The summed E-state index contributed by atoms with van der Waals surface area (Å²) in [6.07, 6.45) is 1.20. The number of likely N-dealkylation sites (tertiary alicyclic amines) is 1. The second-order valence-corrected chi connectivity index (χ2v) is 5.17. The van der Waals surface area contributed by atoms with Crippen molar-refractivity contribution in [3.05, 3.63) is 35.9 Å². The van der Waals surface area contributed by atoms with Crippen LogP contribution in [0.15, 0.2) is 30.3 Å². The monoisotopic (exact) mass is 252 g/mol.